The van der Waals surface area contributed by atoms with Crippen LogP contribution in [-0.2, 0) is 0 Å². The Morgan fingerprint density at radius 1 is 0.889 bits per heavy atom. The van der Waals surface area contributed by atoms with Gasteiger partial charge < -0.3 is 5.73 Å². The lowest BCUT2D eigenvalue weighted by Crippen LogP contribution is -2.40. The topological polar surface area (TPSA) is 26.0 Å². The van der Waals surface area contributed by atoms with Crippen LogP contribution in [0.1, 0.15) is 86.0 Å². The number of hydrogen-bond acceptors (Lipinski definition) is 1. The molecule has 1 aliphatic rings. The molecule has 0 bridgehead atoms. The van der Waals surface area contributed by atoms with Crippen molar-refractivity contribution in [3.63, 3.8) is 0 Å². The van der Waals surface area contributed by atoms with E-state index in [2.05, 4.69) is 34.6 Å². The minimum absolute atomic E-state index is 0.0325. The highest BCUT2D eigenvalue weighted by atomic mass is 14.7. The minimum Gasteiger partial charge on any atom is -0.326 e. The van der Waals surface area contributed by atoms with Crippen LogP contribution in [0.3, 0.4) is 0 Å². The monoisotopic (exact) mass is 253 g/mol. The molecule has 1 saturated carbocycles. The largest absolute Gasteiger partial charge is 0.326 e. The van der Waals surface area contributed by atoms with Gasteiger partial charge in [-0.25, -0.2) is 0 Å². The first-order valence-corrected chi connectivity index (χ1v) is 7.99. The van der Waals surface area contributed by atoms with Crippen LogP contribution in [0.15, 0.2) is 0 Å². The lowest BCUT2D eigenvalue weighted by molar-refractivity contribution is 0.135. The summed E-state index contributed by atoms with van der Waals surface area (Å²) in [5.74, 6) is 1.81. The highest BCUT2D eigenvalue weighted by molar-refractivity contribution is 4.87. The van der Waals surface area contributed by atoms with Gasteiger partial charge in [-0.2, -0.15) is 0 Å². The molecule has 1 fully saturated rings. The summed E-state index contributed by atoms with van der Waals surface area (Å²) in [5, 5.41) is 0. The molecule has 0 radical (unpaired) electrons. The van der Waals surface area contributed by atoms with E-state index < -0.39 is 0 Å². The van der Waals surface area contributed by atoms with Crippen LogP contribution in [0, 0.1) is 17.3 Å². The number of nitrogens with two attached hydrogens (primary N) is 1. The molecular weight excluding hydrogens is 218 g/mol. The van der Waals surface area contributed by atoms with Crippen LogP contribution in [0.25, 0.3) is 0 Å². The molecule has 0 spiro atoms. The molecule has 108 valence electrons. The first-order valence-electron chi connectivity index (χ1n) is 7.99. The summed E-state index contributed by atoms with van der Waals surface area (Å²) in [5.41, 5.74) is 6.61. The Balaban J connectivity index is 2.61. The second-order valence-electron chi connectivity index (χ2n) is 8.17. The second kappa shape index (κ2) is 6.41. The molecule has 0 heterocycles. The molecular formula is C17H35N. The normalized spacial score (nSPS) is 28.3. The van der Waals surface area contributed by atoms with Crippen molar-refractivity contribution >= 4 is 0 Å². The van der Waals surface area contributed by atoms with Crippen LogP contribution in [-0.4, -0.2) is 5.54 Å². The molecule has 0 amide bonds. The maximum Gasteiger partial charge on any atom is 0.0102 e. The van der Waals surface area contributed by atoms with E-state index in [4.69, 9.17) is 5.73 Å². The maximum atomic E-state index is 6.25. The summed E-state index contributed by atoms with van der Waals surface area (Å²) < 4.78 is 0. The molecule has 2 N–H and O–H groups in total. The minimum atomic E-state index is -0.0325. The quantitative estimate of drug-likeness (QED) is 0.740. The molecule has 2 atom stereocenters. The predicted molar refractivity (Wildman–Crippen MR) is 81.6 cm³/mol. The van der Waals surface area contributed by atoms with Crippen molar-refractivity contribution < 1.29 is 0 Å². The van der Waals surface area contributed by atoms with Crippen molar-refractivity contribution in [2.75, 3.05) is 0 Å². The zero-order chi connectivity index (χ0) is 13.8. The Bertz CT molecular complexity index is 236. The van der Waals surface area contributed by atoms with Gasteiger partial charge in [0, 0.05) is 5.54 Å². The second-order valence-corrected chi connectivity index (χ2v) is 8.17. The first kappa shape index (κ1) is 16.0. The molecule has 1 nitrogen and oxygen atoms in total. The van der Waals surface area contributed by atoms with E-state index in [0.717, 1.165) is 18.3 Å². The van der Waals surface area contributed by atoms with Crippen molar-refractivity contribution in [1.29, 1.82) is 0 Å². The van der Waals surface area contributed by atoms with E-state index in [-0.39, 0.29) is 5.54 Å². The third-order valence-corrected chi connectivity index (χ3v) is 4.77. The lowest BCUT2D eigenvalue weighted by Gasteiger charge is -2.39. The van der Waals surface area contributed by atoms with Gasteiger partial charge in [-0.3, -0.25) is 0 Å². The van der Waals surface area contributed by atoms with Crippen molar-refractivity contribution in [3.8, 4) is 0 Å². The molecule has 0 aliphatic heterocycles. The Morgan fingerprint density at radius 2 is 1.39 bits per heavy atom. The Hall–Kier alpha value is -0.0400. The predicted octanol–water partition coefficient (Wildman–Crippen LogP) is 5.14. The smallest absolute Gasteiger partial charge is 0.0102 e. The molecule has 1 aliphatic carbocycles. The van der Waals surface area contributed by atoms with E-state index in [1.165, 1.54) is 44.9 Å². The zero-order valence-electron chi connectivity index (χ0n) is 13.4. The lowest BCUT2D eigenvalue weighted by atomic mass is 9.68. The fraction of sp³-hybridized carbons (Fsp3) is 1.00. The summed E-state index contributed by atoms with van der Waals surface area (Å²) in [6.45, 7) is 11.6. The van der Waals surface area contributed by atoms with Crippen LogP contribution < -0.4 is 5.73 Å². The Morgan fingerprint density at radius 3 is 2.00 bits per heavy atom. The Kier molecular flexibility index (Phi) is 5.70. The molecule has 18 heavy (non-hydrogen) atoms. The summed E-state index contributed by atoms with van der Waals surface area (Å²) >= 11 is 0. The van der Waals surface area contributed by atoms with E-state index in [9.17, 15) is 0 Å². The van der Waals surface area contributed by atoms with Gasteiger partial charge >= 0.3 is 0 Å². The van der Waals surface area contributed by atoms with E-state index in [1.54, 1.807) is 0 Å². The Labute approximate surface area is 115 Å². The maximum absolute atomic E-state index is 6.25. The highest BCUT2D eigenvalue weighted by Crippen LogP contribution is 2.41. The highest BCUT2D eigenvalue weighted by Gasteiger charge is 2.33. The van der Waals surface area contributed by atoms with Gasteiger partial charge in [-0.1, -0.05) is 52.9 Å². The summed E-state index contributed by atoms with van der Waals surface area (Å²) in [6, 6.07) is 0. The molecule has 1 rings (SSSR count). The molecule has 0 aromatic carbocycles. The van der Waals surface area contributed by atoms with Crippen molar-refractivity contribution in [2.24, 2.45) is 23.0 Å². The zero-order valence-corrected chi connectivity index (χ0v) is 13.4. The van der Waals surface area contributed by atoms with Gasteiger partial charge in [0.25, 0.3) is 0 Å². The van der Waals surface area contributed by atoms with E-state index in [0.29, 0.717) is 5.41 Å². The fourth-order valence-electron chi connectivity index (χ4n) is 3.99. The molecule has 1 heteroatoms. The molecule has 0 saturated heterocycles. The standard InChI is InChI=1S/C17H35N/c1-14-9-6-7-11-15(12-8-10-14)16(2,3)13-17(4,5)18/h14-15H,6-13,18H2,1-5H3. The van der Waals surface area contributed by atoms with Gasteiger partial charge in [0.1, 0.15) is 0 Å². The number of hydrogen-bond donors (Lipinski definition) is 1. The van der Waals surface area contributed by atoms with Crippen molar-refractivity contribution in [2.45, 2.75) is 91.5 Å². The summed E-state index contributed by atoms with van der Waals surface area (Å²) in [7, 11) is 0. The first-order chi connectivity index (χ1) is 8.21. The van der Waals surface area contributed by atoms with Gasteiger partial charge in [0.2, 0.25) is 0 Å². The molecule has 0 aromatic rings. The van der Waals surface area contributed by atoms with Crippen molar-refractivity contribution in [3.05, 3.63) is 0 Å². The third kappa shape index (κ3) is 5.73. The van der Waals surface area contributed by atoms with Crippen LogP contribution in [0.4, 0.5) is 0 Å². The van der Waals surface area contributed by atoms with Crippen LogP contribution >= 0.6 is 0 Å². The van der Waals surface area contributed by atoms with Gasteiger partial charge in [-0.15, -0.1) is 0 Å². The van der Waals surface area contributed by atoms with Gasteiger partial charge in [0.15, 0.2) is 0 Å². The van der Waals surface area contributed by atoms with E-state index in [1.807, 2.05) is 0 Å². The van der Waals surface area contributed by atoms with E-state index >= 15 is 0 Å². The van der Waals surface area contributed by atoms with Crippen LogP contribution in [0.5, 0.6) is 0 Å². The number of rotatable bonds is 3. The van der Waals surface area contributed by atoms with Gasteiger partial charge in [0.05, 0.1) is 0 Å². The molecule has 0 aromatic heterocycles. The average molecular weight is 253 g/mol. The van der Waals surface area contributed by atoms with Crippen LogP contribution in [0.2, 0.25) is 0 Å². The molecule has 2 unspecified atom stereocenters. The third-order valence-electron chi connectivity index (χ3n) is 4.77. The average Bonchev–Trinajstić information content (AvgIpc) is 2.26. The SMILES string of the molecule is CC1CCCCC(C(C)(C)CC(C)(C)N)CCC1. The van der Waals surface area contributed by atoms with Crippen molar-refractivity contribution in [1.82, 2.24) is 0 Å². The fourth-order valence-corrected chi connectivity index (χ4v) is 3.99. The summed E-state index contributed by atoms with van der Waals surface area (Å²) in [4.78, 5) is 0. The van der Waals surface area contributed by atoms with Gasteiger partial charge in [-0.05, 0) is 50.4 Å². The summed E-state index contributed by atoms with van der Waals surface area (Å²) in [6.07, 6.45) is 11.1.